The number of nitrogens with zero attached hydrogens (tertiary/aromatic N) is 2. The summed E-state index contributed by atoms with van der Waals surface area (Å²) in [7, 11) is 3.59. The van der Waals surface area contributed by atoms with E-state index in [0.717, 1.165) is 38.4 Å². The van der Waals surface area contributed by atoms with Crippen molar-refractivity contribution in [2.45, 2.75) is 32.3 Å². The lowest BCUT2D eigenvalue weighted by Gasteiger charge is -2.33. The third-order valence-corrected chi connectivity index (χ3v) is 4.31. The molecule has 0 aliphatic carbocycles. The van der Waals surface area contributed by atoms with Crippen LogP contribution in [0, 0.1) is 0 Å². The molecular formula is C19H30IN3O. The molecule has 0 unspecified atom stereocenters. The second kappa shape index (κ2) is 10.0. The summed E-state index contributed by atoms with van der Waals surface area (Å²) in [5.74, 6) is 0.967. The Labute approximate surface area is 163 Å². The van der Waals surface area contributed by atoms with Crippen molar-refractivity contribution in [2.24, 2.45) is 4.99 Å². The molecule has 134 valence electrons. The van der Waals surface area contributed by atoms with Crippen LogP contribution in [-0.4, -0.2) is 50.3 Å². The lowest BCUT2D eigenvalue weighted by atomic mass is 10.0. The first-order valence-corrected chi connectivity index (χ1v) is 8.29. The highest BCUT2D eigenvalue weighted by molar-refractivity contribution is 14.0. The number of piperidine rings is 1. The van der Waals surface area contributed by atoms with Crippen molar-refractivity contribution in [3.8, 4) is 0 Å². The molecule has 1 fully saturated rings. The fourth-order valence-corrected chi connectivity index (χ4v) is 2.63. The van der Waals surface area contributed by atoms with Crippen molar-refractivity contribution < 1.29 is 4.74 Å². The molecule has 0 radical (unpaired) electrons. The summed E-state index contributed by atoms with van der Waals surface area (Å²) < 4.78 is 5.46. The Bertz CT molecular complexity index is 545. The largest absolute Gasteiger partial charge is 0.377 e. The molecule has 1 aliphatic rings. The van der Waals surface area contributed by atoms with Crippen LogP contribution in [0.2, 0.25) is 0 Å². The number of nitrogens with one attached hydrogen (secondary N) is 1. The third kappa shape index (κ3) is 6.43. The van der Waals surface area contributed by atoms with Crippen LogP contribution in [-0.2, 0) is 4.74 Å². The van der Waals surface area contributed by atoms with Crippen LogP contribution in [0.4, 0.5) is 0 Å². The minimum absolute atomic E-state index is 0. The fourth-order valence-electron chi connectivity index (χ4n) is 2.63. The number of methoxy groups -OCH3 is 1. The van der Waals surface area contributed by atoms with Crippen molar-refractivity contribution in [1.82, 2.24) is 10.2 Å². The van der Waals surface area contributed by atoms with E-state index in [1.165, 1.54) is 11.1 Å². The molecule has 0 aromatic heterocycles. The van der Waals surface area contributed by atoms with Gasteiger partial charge >= 0.3 is 0 Å². The van der Waals surface area contributed by atoms with Crippen molar-refractivity contribution in [3.05, 3.63) is 41.5 Å². The molecule has 1 heterocycles. The normalized spacial score (nSPS) is 15.8. The number of likely N-dealkylation sites (tertiary alicyclic amines) is 1. The van der Waals surface area contributed by atoms with Gasteiger partial charge in [-0.25, -0.2) is 0 Å². The number of benzene rings is 1. The van der Waals surface area contributed by atoms with E-state index in [1.807, 2.05) is 7.05 Å². The number of guanidine groups is 1. The van der Waals surface area contributed by atoms with Crippen LogP contribution in [0.3, 0.4) is 0 Å². The van der Waals surface area contributed by atoms with E-state index in [4.69, 9.17) is 4.74 Å². The fraction of sp³-hybridized carbons (Fsp3) is 0.526. The summed E-state index contributed by atoms with van der Waals surface area (Å²) in [4.78, 5) is 6.74. The highest BCUT2D eigenvalue weighted by atomic mass is 127. The van der Waals surface area contributed by atoms with Crippen LogP contribution >= 0.6 is 24.0 Å². The van der Waals surface area contributed by atoms with E-state index >= 15 is 0 Å². The number of hydrogen-bond acceptors (Lipinski definition) is 2. The van der Waals surface area contributed by atoms with Gasteiger partial charge in [-0.05, 0) is 32.3 Å². The van der Waals surface area contributed by atoms with E-state index in [-0.39, 0.29) is 29.6 Å². The van der Waals surface area contributed by atoms with E-state index in [2.05, 4.69) is 65.5 Å². The van der Waals surface area contributed by atoms with Crippen LogP contribution in [0.5, 0.6) is 0 Å². The van der Waals surface area contributed by atoms with Gasteiger partial charge in [-0.3, -0.25) is 4.99 Å². The molecule has 1 aromatic carbocycles. The molecular weight excluding hydrogens is 413 g/mol. The van der Waals surface area contributed by atoms with Gasteiger partial charge in [-0.1, -0.05) is 42.0 Å². The first-order valence-electron chi connectivity index (χ1n) is 8.29. The second-order valence-electron chi connectivity index (χ2n) is 6.56. The minimum Gasteiger partial charge on any atom is -0.377 e. The summed E-state index contributed by atoms with van der Waals surface area (Å²) in [5, 5.41) is 3.43. The highest BCUT2D eigenvalue weighted by Crippen LogP contribution is 2.19. The zero-order valence-electron chi connectivity index (χ0n) is 15.2. The summed E-state index contributed by atoms with van der Waals surface area (Å²) in [6.45, 7) is 6.91. The Hall–Kier alpha value is -1.08. The molecule has 4 nitrogen and oxygen atoms in total. The lowest BCUT2D eigenvalue weighted by molar-refractivity contribution is 0.0263. The number of ether oxygens (including phenoxy) is 1. The SMILES string of the molecule is CN=C(NCC(C)(C)OC)N1CCC(=Cc2ccccc2)CC1.I. The predicted molar refractivity (Wildman–Crippen MR) is 113 cm³/mol. The monoisotopic (exact) mass is 443 g/mol. The molecule has 0 atom stereocenters. The molecule has 5 heteroatoms. The zero-order valence-corrected chi connectivity index (χ0v) is 17.5. The standard InChI is InChI=1S/C19H29N3O.HI/c1-19(2,23-4)15-21-18(20-3)22-12-10-17(11-13-22)14-16-8-6-5-7-9-16;/h5-9,14H,10-13,15H2,1-4H3,(H,20,21);1H. The second-order valence-corrected chi connectivity index (χ2v) is 6.56. The third-order valence-electron chi connectivity index (χ3n) is 4.31. The van der Waals surface area contributed by atoms with Gasteiger partial charge in [0.15, 0.2) is 5.96 Å². The van der Waals surface area contributed by atoms with Crippen LogP contribution < -0.4 is 5.32 Å². The molecule has 1 aliphatic heterocycles. The molecule has 0 spiro atoms. The predicted octanol–water partition coefficient (Wildman–Crippen LogP) is 3.78. The molecule has 0 bridgehead atoms. The first kappa shape index (κ1) is 21.0. The van der Waals surface area contributed by atoms with E-state index in [0.29, 0.717) is 0 Å². The maximum atomic E-state index is 5.46. The summed E-state index contributed by atoms with van der Waals surface area (Å²) in [6, 6.07) is 10.6. The van der Waals surface area contributed by atoms with Gasteiger partial charge in [0.25, 0.3) is 0 Å². The van der Waals surface area contributed by atoms with E-state index in [1.54, 1.807) is 7.11 Å². The quantitative estimate of drug-likeness (QED) is 0.437. The van der Waals surface area contributed by atoms with Crippen LogP contribution in [0.1, 0.15) is 32.3 Å². The van der Waals surface area contributed by atoms with Crippen LogP contribution in [0.25, 0.3) is 6.08 Å². The Morgan fingerprint density at radius 3 is 2.42 bits per heavy atom. The first-order chi connectivity index (χ1) is 11.0. The average molecular weight is 443 g/mol. The van der Waals surface area contributed by atoms with Crippen molar-refractivity contribution in [3.63, 3.8) is 0 Å². The van der Waals surface area contributed by atoms with Gasteiger partial charge in [-0.2, -0.15) is 0 Å². The number of halogens is 1. The molecule has 24 heavy (non-hydrogen) atoms. The Morgan fingerprint density at radius 2 is 1.88 bits per heavy atom. The van der Waals surface area contributed by atoms with Crippen molar-refractivity contribution >= 4 is 36.0 Å². The summed E-state index contributed by atoms with van der Waals surface area (Å²) in [6.07, 6.45) is 4.49. The van der Waals surface area contributed by atoms with Gasteiger partial charge in [0.1, 0.15) is 0 Å². The van der Waals surface area contributed by atoms with Gasteiger partial charge in [0.2, 0.25) is 0 Å². The minimum atomic E-state index is -0.190. The van der Waals surface area contributed by atoms with Gasteiger partial charge in [0, 0.05) is 33.8 Å². The van der Waals surface area contributed by atoms with Crippen molar-refractivity contribution in [2.75, 3.05) is 33.8 Å². The molecule has 1 saturated heterocycles. The maximum Gasteiger partial charge on any atom is 0.193 e. The van der Waals surface area contributed by atoms with Gasteiger partial charge in [0.05, 0.1) is 5.60 Å². The van der Waals surface area contributed by atoms with Crippen LogP contribution in [0.15, 0.2) is 40.9 Å². The lowest BCUT2D eigenvalue weighted by Crippen LogP contribution is -2.48. The summed E-state index contributed by atoms with van der Waals surface area (Å²) in [5.41, 5.74) is 2.62. The number of aliphatic imine (C=N–C) groups is 1. The summed E-state index contributed by atoms with van der Waals surface area (Å²) >= 11 is 0. The zero-order chi connectivity index (χ0) is 16.7. The van der Waals surface area contributed by atoms with Gasteiger partial charge < -0.3 is 15.0 Å². The number of rotatable bonds is 4. The number of hydrogen-bond donors (Lipinski definition) is 1. The Morgan fingerprint density at radius 1 is 1.25 bits per heavy atom. The molecule has 2 rings (SSSR count). The van der Waals surface area contributed by atoms with Crippen molar-refractivity contribution in [1.29, 1.82) is 0 Å². The molecule has 1 N–H and O–H groups in total. The van der Waals surface area contributed by atoms with E-state index in [9.17, 15) is 0 Å². The average Bonchev–Trinajstić information content (AvgIpc) is 2.58. The molecule has 0 saturated carbocycles. The van der Waals surface area contributed by atoms with E-state index < -0.39 is 0 Å². The van der Waals surface area contributed by atoms with Gasteiger partial charge in [-0.15, -0.1) is 24.0 Å². The molecule has 1 aromatic rings. The molecule has 0 amide bonds. The Balaban J connectivity index is 0.00000288. The smallest absolute Gasteiger partial charge is 0.193 e. The maximum absolute atomic E-state index is 5.46. The topological polar surface area (TPSA) is 36.9 Å². The highest BCUT2D eigenvalue weighted by Gasteiger charge is 2.21. The Kier molecular flexibility index (Phi) is 8.76.